The van der Waals surface area contributed by atoms with Crippen molar-refractivity contribution in [1.82, 2.24) is 24.8 Å². The van der Waals surface area contributed by atoms with Gasteiger partial charge in [-0.2, -0.15) is 0 Å². The van der Waals surface area contributed by atoms with Crippen LogP contribution in [0, 0.1) is 5.82 Å². The van der Waals surface area contributed by atoms with Gasteiger partial charge in [0.1, 0.15) is 5.82 Å². The number of pyridine rings is 1. The third kappa shape index (κ3) is 3.08. The maximum absolute atomic E-state index is 13.4. The minimum Gasteiger partial charge on any atom is -0.361 e. The van der Waals surface area contributed by atoms with Crippen molar-refractivity contribution in [3.63, 3.8) is 0 Å². The fourth-order valence-electron chi connectivity index (χ4n) is 3.66. The maximum atomic E-state index is 13.4. The van der Waals surface area contributed by atoms with E-state index in [4.69, 9.17) is 4.98 Å². The predicted molar refractivity (Wildman–Crippen MR) is 101 cm³/mol. The Kier molecular flexibility index (Phi) is 3.90. The van der Waals surface area contributed by atoms with Crippen LogP contribution in [0.1, 0.15) is 16.8 Å². The van der Waals surface area contributed by atoms with Gasteiger partial charge in [0.05, 0.1) is 5.69 Å². The van der Waals surface area contributed by atoms with E-state index < -0.39 is 0 Å². The molecule has 134 valence electrons. The summed E-state index contributed by atoms with van der Waals surface area (Å²) in [6.45, 7) is 2.54. The lowest BCUT2D eigenvalue weighted by Crippen LogP contribution is -2.31. The number of aromatic nitrogens is 4. The van der Waals surface area contributed by atoms with Crippen LogP contribution >= 0.6 is 0 Å². The zero-order chi connectivity index (χ0) is 18.2. The molecule has 0 saturated heterocycles. The van der Waals surface area contributed by atoms with Gasteiger partial charge in [-0.05, 0) is 47.9 Å². The molecule has 0 bridgehead atoms. The number of nitrogens with one attached hydrogen (secondary N) is 1. The number of aromatic amines is 1. The number of fused-ring (bicyclic) bond motifs is 2. The van der Waals surface area contributed by atoms with Crippen molar-refractivity contribution in [3.8, 4) is 11.4 Å². The Morgan fingerprint density at radius 3 is 2.93 bits per heavy atom. The predicted octanol–water partition coefficient (Wildman–Crippen LogP) is 3.72. The standard InChI is InChI=1S/C21H18FN5/c22-17-1-2-18-16(11-24-19(18)9-17)12-27-8-5-15-10-25-21(26-20(15)13-27)14-3-6-23-7-4-14/h1-4,6-7,9-11,24H,5,8,12-13H2. The minimum atomic E-state index is -0.219. The van der Waals surface area contributed by atoms with Gasteiger partial charge in [0.25, 0.3) is 0 Å². The summed E-state index contributed by atoms with van der Waals surface area (Å²) in [5, 5.41) is 1.07. The van der Waals surface area contributed by atoms with Crippen molar-refractivity contribution in [2.24, 2.45) is 0 Å². The van der Waals surface area contributed by atoms with Crippen LogP contribution in [-0.4, -0.2) is 31.4 Å². The van der Waals surface area contributed by atoms with E-state index in [0.29, 0.717) is 0 Å². The highest BCUT2D eigenvalue weighted by molar-refractivity contribution is 5.83. The van der Waals surface area contributed by atoms with E-state index in [1.54, 1.807) is 18.5 Å². The van der Waals surface area contributed by atoms with E-state index in [-0.39, 0.29) is 5.82 Å². The summed E-state index contributed by atoms with van der Waals surface area (Å²) in [6.07, 6.45) is 8.36. The van der Waals surface area contributed by atoms with Gasteiger partial charge in [-0.1, -0.05) is 0 Å². The van der Waals surface area contributed by atoms with E-state index in [0.717, 1.165) is 54.0 Å². The summed E-state index contributed by atoms with van der Waals surface area (Å²) in [7, 11) is 0. The van der Waals surface area contributed by atoms with Gasteiger partial charge in [0.2, 0.25) is 0 Å². The summed E-state index contributed by atoms with van der Waals surface area (Å²) in [4.78, 5) is 18.9. The highest BCUT2D eigenvalue weighted by atomic mass is 19.1. The van der Waals surface area contributed by atoms with Crippen molar-refractivity contribution >= 4 is 10.9 Å². The lowest BCUT2D eigenvalue weighted by molar-refractivity contribution is 0.242. The minimum absolute atomic E-state index is 0.219. The van der Waals surface area contributed by atoms with Crippen LogP contribution < -0.4 is 0 Å². The van der Waals surface area contributed by atoms with Crippen LogP contribution in [0.3, 0.4) is 0 Å². The van der Waals surface area contributed by atoms with Gasteiger partial charge < -0.3 is 4.98 Å². The lowest BCUT2D eigenvalue weighted by atomic mass is 10.1. The summed E-state index contributed by atoms with van der Waals surface area (Å²) >= 11 is 0. The normalized spacial score (nSPS) is 14.4. The van der Waals surface area contributed by atoms with E-state index in [1.165, 1.54) is 17.2 Å². The molecule has 0 spiro atoms. The Hall–Kier alpha value is -3.12. The molecule has 27 heavy (non-hydrogen) atoms. The smallest absolute Gasteiger partial charge is 0.159 e. The van der Waals surface area contributed by atoms with Gasteiger partial charge >= 0.3 is 0 Å². The molecule has 1 aromatic carbocycles. The molecular weight excluding hydrogens is 341 g/mol. The molecule has 0 atom stereocenters. The molecule has 0 aliphatic carbocycles. The Morgan fingerprint density at radius 1 is 1.15 bits per heavy atom. The number of H-pyrrole nitrogens is 1. The largest absolute Gasteiger partial charge is 0.361 e. The van der Waals surface area contributed by atoms with Crippen LogP contribution in [0.25, 0.3) is 22.3 Å². The van der Waals surface area contributed by atoms with Gasteiger partial charge in [0, 0.05) is 60.9 Å². The zero-order valence-electron chi connectivity index (χ0n) is 14.7. The average Bonchev–Trinajstić information content (AvgIpc) is 3.10. The molecule has 5 nitrogen and oxygen atoms in total. The van der Waals surface area contributed by atoms with Crippen molar-refractivity contribution in [2.75, 3.05) is 6.54 Å². The summed E-state index contributed by atoms with van der Waals surface area (Å²) in [5.41, 5.74) is 5.28. The Bertz CT molecular complexity index is 1110. The van der Waals surface area contributed by atoms with Gasteiger partial charge in [-0.3, -0.25) is 9.88 Å². The third-order valence-electron chi connectivity index (χ3n) is 5.09. The van der Waals surface area contributed by atoms with Crippen molar-refractivity contribution < 1.29 is 4.39 Å². The van der Waals surface area contributed by atoms with Crippen LogP contribution in [0.2, 0.25) is 0 Å². The van der Waals surface area contributed by atoms with Gasteiger partial charge in [-0.15, -0.1) is 0 Å². The quantitative estimate of drug-likeness (QED) is 0.606. The highest BCUT2D eigenvalue weighted by Gasteiger charge is 2.20. The molecule has 0 saturated carbocycles. The van der Waals surface area contributed by atoms with Crippen LogP contribution in [0.15, 0.2) is 55.1 Å². The first kappa shape index (κ1) is 16.1. The second kappa shape index (κ2) is 6.55. The Morgan fingerprint density at radius 2 is 2.04 bits per heavy atom. The monoisotopic (exact) mass is 359 g/mol. The molecular formula is C21H18FN5. The molecule has 1 aliphatic rings. The van der Waals surface area contributed by atoms with Gasteiger partial charge in [-0.25, -0.2) is 14.4 Å². The fourth-order valence-corrected chi connectivity index (χ4v) is 3.66. The van der Waals surface area contributed by atoms with Gasteiger partial charge in [0.15, 0.2) is 5.82 Å². The first-order valence-corrected chi connectivity index (χ1v) is 8.99. The zero-order valence-corrected chi connectivity index (χ0v) is 14.7. The van der Waals surface area contributed by atoms with Crippen molar-refractivity contribution in [2.45, 2.75) is 19.5 Å². The number of benzene rings is 1. The third-order valence-corrected chi connectivity index (χ3v) is 5.09. The second-order valence-electron chi connectivity index (χ2n) is 6.87. The van der Waals surface area contributed by atoms with Crippen molar-refractivity contribution in [1.29, 1.82) is 0 Å². The van der Waals surface area contributed by atoms with E-state index in [1.807, 2.05) is 30.6 Å². The van der Waals surface area contributed by atoms with E-state index in [2.05, 4.69) is 19.9 Å². The van der Waals surface area contributed by atoms with Crippen molar-refractivity contribution in [3.05, 3.63) is 77.8 Å². The van der Waals surface area contributed by atoms with Crippen LogP contribution in [0.4, 0.5) is 4.39 Å². The molecule has 1 aliphatic heterocycles. The Balaban J connectivity index is 1.40. The van der Waals surface area contributed by atoms with E-state index in [9.17, 15) is 4.39 Å². The number of hydrogen-bond acceptors (Lipinski definition) is 4. The topological polar surface area (TPSA) is 57.7 Å². The molecule has 4 heterocycles. The molecule has 6 heteroatoms. The highest BCUT2D eigenvalue weighted by Crippen LogP contribution is 2.25. The number of nitrogens with zero attached hydrogens (tertiary/aromatic N) is 4. The van der Waals surface area contributed by atoms with E-state index >= 15 is 0 Å². The Labute approximate surface area is 155 Å². The molecule has 0 fully saturated rings. The second-order valence-corrected chi connectivity index (χ2v) is 6.87. The SMILES string of the molecule is Fc1ccc2c(CN3CCc4cnc(-c5ccncc5)nc4C3)c[nH]c2c1. The molecule has 5 rings (SSSR count). The first-order valence-electron chi connectivity index (χ1n) is 8.99. The molecule has 0 unspecified atom stereocenters. The number of rotatable bonds is 3. The molecule has 0 amide bonds. The molecule has 4 aromatic rings. The summed E-state index contributed by atoms with van der Waals surface area (Å²) < 4.78 is 13.4. The number of halogens is 1. The summed E-state index contributed by atoms with van der Waals surface area (Å²) in [5.74, 6) is 0.517. The first-order chi connectivity index (χ1) is 13.3. The van der Waals surface area contributed by atoms with Crippen LogP contribution in [-0.2, 0) is 19.5 Å². The number of hydrogen-bond donors (Lipinski definition) is 1. The van der Waals surface area contributed by atoms with Crippen LogP contribution in [0.5, 0.6) is 0 Å². The lowest BCUT2D eigenvalue weighted by Gasteiger charge is -2.27. The molecule has 1 N–H and O–H groups in total. The molecule has 3 aromatic heterocycles. The average molecular weight is 359 g/mol. The summed E-state index contributed by atoms with van der Waals surface area (Å²) in [6, 6.07) is 8.75. The molecule has 0 radical (unpaired) electrons. The maximum Gasteiger partial charge on any atom is 0.159 e. The fraction of sp³-hybridized carbons (Fsp3) is 0.190.